The normalized spacial score (nSPS) is 10.5. The first-order valence-electron chi connectivity index (χ1n) is 7.03. The van der Waals surface area contributed by atoms with E-state index in [0.717, 1.165) is 4.47 Å². The average molecular weight is 387 g/mol. The summed E-state index contributed by atoms with van der Waals surface area (Å²) in [5.74, 6) is -1.25. The molecule has 0 saturated heterocycles. The number of carbonyl (C=O) groups excluding carboxylic acids is 2. The van der Waals surface area contributed by atoms with Crippen LogP contribution in [0.25, 0.3) is 11.0 Å². The molecule has 0 radical (unpaired) electrons. The van der Waals surface area contributed by atoms with Gasteiger partial charge in [-0.2, -0.15) is 0 Å². The SMILES string of the molecule is O=C(COC(=O)c1cc2ccccc2oc1=O)c1ccc(Br)cc1. The number of rotatable bonds is 4. The minimum atomic E-state index is -0.889. The summed E-state index contributed by atoms with van der Waals surface area (Å²) in [7, 11) is 0. The Morgan fingerprint density at radius 1 is 1.04 bits per heavy atom. The lowest BCUT2D eigenvalue weighted by Gasteiger charge is -2.05. The molecule has 3 aromatic rings. The summed E-state index contributed by atoms with van der Waals surface area (Å²) in [5, 5.41) is 0.600. The minimum absolute atomic E-state index is 0.239. The quantitative estimate of drug-likeness (QED) is 0.389. The monoisotopic (exact) mass is 386 g/mol. The number of ketones is 1. The van der Waals surface area contributed by atoms with Crippen LogP contribution in [0.2, 0.25) is 0 Å². The van der Waals surface area contributed by atoms with E-state index in [2.05, 4.69) is 15.9 Å². The standard InChI is InChI=1S/C18H11BrO5/c19-13-7-5-11(6-8-13)15(20)10-23-17(21)14-9-12-3-1-2-4-16(12)24-18(14)22/h1-9H,10H2. The van der Waals surface area contributed by atoms with Crippen molar-refractivity contribution in [3.05, 3.63) is 80.6 Å². The van der Waals surface area contributed by atoms with E-state index in [1.165, 1.54) is 6.07 Å². The number of hydrogen-bond donors (Lipinski definition) is 0. The molecule has 0 aliphatic rings. The van der Waals surface area contributed by atoms with E-state index >= 15 is 0 Å². The second-order valence-electron chi connectivity index (χ2n) is 4.99. The Morgan fingerprint density at radius 3 is 2.50 bits per heavy atom. The van der Waals surface area contributed by atoms with Crippen molar-refractivity contribution in [2.75, 3.05) is 6.61 Å². The highest BCUT2D eigenvalue weighted by Gasteiger charge is 2.17. The van der Waals surface area contributed by atoms with Crippen LogP contribution < -0.4 is 5.63 Å². The van der Waals surface area contributed by atoms with Gasteiger partial charge in [0.05, 0.1) is 0 Å². The van der Waals surface area contributed by atoms with Crippen molar-refractivity contribution >= 4 is 38.7 Å². The molecule has 120 valence electrons. The number of hydrogen-bond acceptors (Lipinski definition) is 5. The van der Waals surface area contributed by atoms with Crippen LogP contribution in [-0.4, -0.2) is 18.4 Å². The van der Waals surface area contributed by atoms with E-state index in [4.69, 9.17) is 9.15 Å². The molecule has 0 unspecified atom stereocenters. The Morgan fingerprint density at radius 2 is 1.75 bits per heavy atom. The fraction of sp³-hybridized carbons (Fsp3) is 0.0556. The van der Waals surface area contributed by atoms with E-state index in [0.29, 0.717) is 16.5 Å². The molecular weight excluding hydrogens is 376 g/mol. The molecule has 0 bridgehead atoms. The zero-order valence-electron chi connectivity index (χ0n) is 12.3. The first kappa shape index (κ1) is 16.1. The summed E-state index contributed by atoms with van der Waals surface area (Å²) in [4.78, 5) is 35.9. The Bertz CT molecular complexity index is 973. The van der Waals surface area contributed by atoms with E-state index in [9.17, 15) is 14.4 Å². The molecule has 6 heteroatoms. The maximum atomic E-state index is 12.1. The topological polar surface area (TPSA) is 73.6 Å². The number of benzene rings is 2. The highest BCUT2D eigenvalue weighted by molar-refractivity contribution is 9.10. The highest BCUT2D eigenvalue weighted by atomic mass is 79.9. The molecule has 0 amide bonds. The average Bonchev–Trinajstić information content (AvgIpc) is 2.59. The van der Waals surface area contributed by atoms with Crippen molar-refractivity contribution in [2.24, 2.45) is 0 Å². The Balaban J connectivity index is 1.75. The predicted molar refractivity (Wildman–Crippen MR) is 91.2 cm³/mol. The third-order valence-corrected chi connectivity index (χ3v) is 3.89. The van der Waals surface area contributed by atoms with Gasteiger partial charge >= 0.3 is 11.6 Å². The van der Waals surface area contributed by atoms with Crippen molar-refractivity contribution in [1.82, 2.24) is 0 Å². The largest absolute Gasteiger partial charge is 0.453 e. The molecule has 1 heterocycles. The van der Waals surface area contributed by atoms with Crippen LogP contribution in [0.15, 0.2) is 68.3 Å². The van der Waals surface area contributed by atoms with E-state index < -0.39 is 18.2 Å². The van der Waals surface area contributed by atoms with Gasteiger partial charge in [0.25, 0.3) is 0 Å². The number of para-hydroxylation sites is 1. The number of ether oxygens (including phenoxy) is 1. The second-order valence-corrected chi connectivity index (χ2v) is 5.91. The molecule has 3 rings (SSSR count). The predicted octanol–water partition coefficient (Wildman–Crippen LogP) is 3.60. The molecule has 0 N–H and O–H groups in total. The Hall–Kier alpha value is -2.73. The van der Waals surface area contributed by atoms with Crippen LogP contribution in [-0.2, 0) is 4.74 Å². The van der Waals surface area contributed by atoms with Crippen molar-refractivity contribution in [2.45, 2.75) is 0 Å². The molecule has 0 fully saturated rings. The van der Waals surface area contributed by atoms with Gasteiger partial charge in [-0.1, -0.05) is 46.3 Å². The summed E-state index contributed by atoms with van der Waals surface area (Å²) >= 11 is 3.27. The Kier molecular flexibility index (Phi) is 4.57. The number of esters is 1. The lowest BCUT2D eigenvalue weighted by Crippen LogP contribution is -2.20. The van der Waals surface area contributed by atoms with Crippen molar-refractivity contribution in [3.63, 3.8) is 0 Å². The summed E-state index contributed by atoms with van der Waals surface area (Å²) in [6, 6.07) is 14.9. The number of carbonyl (C=O) groups is 2. The summed E-state index contributed by atoms with van der Waals surface area (Å²) in [6.45, 7) is -0.452. The number of halogens is 1. The maximum absolute atomic E-state index is 12.1. The molecule has 0 aliphatic carbocycles. The highest BCUT2D eigenvalue weighted by Crippen LogP contribution is 2.14. The van der Waals surface area contributed by atoms with Gasteiger partial charge in [-0.3, -0.25) is 4.79 Å². The van der Waals surface area contributed by atoms with Crippen molar-refractivity contribution in [3.8, 4) is 0 Å². The first-order chi connectivity index (χ1) is 11.5. The van der Waals surface area contributed by atoms with Crippen LogP contribution >= 0.6 is 15.9 Å². The molecule has 0 atom stereocenters. The van der Waals surface area contributed by atoms with Crippen LogP contribution in [0.1, 0.15) is 20.7 Å². The van der Waals surface area contributed by atoms with E-state index in [1.807, 2.05) is 0 Å². The second kappa shape index (κ2) is 6.80. The smallest absolute Gasteiger partial charge is 0.351 e. The molecule has 0 spiro atoms. The van der Waals surface area contributed by atoms with E-state index in [1.54, 1.807) is 48.5 Å². The fourth-order valence-corrected chi connectivity index (χ4v) is 2.40. The van der Waals surface area contributed by atoms with Gasteiger partial charge in [0, 0.05) is 15.4 Å². The fourth-order valence-electron chi connectivity index (χ4n) is 2.13. The molecule has 2 aromatic carbocycles. The lowest BCUT2D eigenvalue weighted by molar-refractivity contribution is 0.0471. The lowest BCUT2D eigenvalue weighted by atomic mass is 10.1. The first-order valence-corrected chi connectivity index (χ1v) is 7.83. The molecule has 1 aromatic heterocycles. The van der Waals surface area contributed by atoms with Crippen molar-refractivity contribution in [1.29, 1.82) is 0 Å². The molecule has 24 heavy (non-hydrogen) atoms. The zero-order chi connectivity index (χ0) is 17.1. The summed E-state index contributed by atoms with van der Waals surface area (Å²) < 4.78 is 10.9. The van der Waals surface area contributed by atoms with E-state index in [-0.39, 0.29) is 11.3 Å². The molecule has 0 aliphatic heterocycles. The van der Waals surface area contributed by atoms with Gasteiger partial charge in [-0.15, -0.1) is 0 Å². The molecule has 5 nitrogen and oxygen atoms in total. The summed E-state index contributed by atoms with van der Waals surface area (Å²) in [6.07, 6.45) is 0. The van der Waals surface area contributed by atoms with Gasteiger partial charge in [0.15, 0.2) is 12.4 Å². The molecular formula is C18H11BrO5. The summed E-state index contributed by atoms with van der Waals surface area (Å²) in [5.41, 5.74) is -0.242. The third-order valence-electron chi connectivity index (χ3n) is 3.36. The van der Waals surface area contributed by atoms with Gasteiger partial charge in [-0.05, 0) is 24.3 Å². The molecule has 0 saturated carbocycles. The zero-order valence-corrected chi connectivity index (χ0v) is 13.9. The van der Waals surface area contributed by atoms with Gasteiger partial charge in [0.2, 0.25) is 0 Å². The maximum Gasteiger partial charge on any atom is 0.351 e. The Labute approximate surface area is 145 Å². The van der Waals surface area contributed by atoms with Crippen LogP contribution in [0, 0.1) is 0 Å². The number of fused-ring (bicyclic) bond motifs is 1. The minimum Gasteiger partial charge on any atom is -0.453 e. The van der Waals surface area contributed by atoms with Crippen molar-refractivity contribution < 1.29 is 18.7 Å². The van der Waals surface area contributed by atoms with Gasteiger partial charge in [-0.25, -0.2) is 9.59 Å². The van der Waals surface area contributed by atoms with Gasteiger partial charge < -0.3 is 9.15 Å². The van der Waals surface area contributed by atoms with Crippen LogP contribution in [0.3, 0.4) is 0 Å². The third kappa shape index (κ3) is 3.44. The van der Waals surface area contributed by atoms with Crippen LogP contribution in [0.5, 0.6) is 0 Å². The van der Waals surface area contributed by atoms with Gasteiger partial charge in [0.1, 0.15) is 11.1 Å². The van der Waals surface area contributed by atoms with Crippen LogP contribution in [0.4, 0.5) is 0 Å². The number of Topliss-reactive ketones (excluding diaryl/α,β-unsaturated/α-hetero) is 1.